The van der Waals surface area contributed by atoms with Gasteiger partial charge in [0, 0.05) is 18.4 Å². The number of amides is 2. The number of anilines is 1. The zero-order chi connectivity index (χ0) is 33.4. The van der Waals surface area contributed by atoms with Crippen LogP contribution in [-0.2, 0) is 24.3 Å². The van der Waals surface area contributed by atoms with Crippen LogP contribution in [0.25, 0.3) is 6.08 Å². The van der Waals surface area contributed by atoms with E-state index in [9.17, 15) is 28.1 Å². The van der Waals surface area contributed by atoms with E-state index in [1.165, 1.54) is 12.1 Å². The first kappa shape index (κ1) is 35.1. The lowest BCUT2D eigenvalue weighted by Gasteiger charge is -2.37. The summed E-state index contributed by atoms with van der Waals surface area (Å²) in [5.41, 5.74) is 6.35. The minimum absolute atomic E-state index is 0.00188. The van der Waals surface area contributed by atoms with Gasteiger partial charge in [-0.1, -0.05) is 24.3 Å². The second-order valence-electron chi connectivity index (χ2n) is 11.7. The Labute approximate surface area is 264 Å². The number of ether oxygens (including phenoxy) is 2. The molecule has 1 heterocycles. The van der Waals surface area contributed by atoms with Crippen LogP contribution in [0.3, 0.4) is 0 Å². The quantitative estimate of drug-likeness (QED) is 0.272. The molecule has 2 aromatic carbocycles. The van der Waals surface area contributed by atoms with E-state index < -0.39 is 44.0 Å². The van der Waals surface area contributed by atoms with E-state index in [0.29, 0.717) is 42.6 Å². The van der Waals surface area contributed by atoms with E-state index in [4.69, 9.17) is 20.0 Å². The summed E-state index contributed by atoms with van der Waals surface area (Å²) in [6.45, 7) is 8.82. The molecule has 12 nitrogen and oxygen atoms in total. The molecule has 0 saturated carbocycles. The zero-order valence-electron chi connectivity index (χ0n) is 26.4. The number of esters is 1. The minimum atomic E-state index is -4.32. The second-order valence-corrected chi connectivity index (χ2v) is 13.6. The van der Waals surface area contributed by atoms with Crippen LogP contribution in [0.4, 0.5) is 10.5 Å². The van der Waals surface area contributed by atoms with Crippen LogP contribution in [0.1, 0.15) is 74.0 Å². The topological polar surface area (TPSA) is 166 Å². The number of carbonyl (C=O) groups is 3. The lowest BCUT2D eigenvalue weighted by molar-refractivity contribution is -1.02. The van der Waals surface area contributed by atoms with Crippen molar-refractivity contribution in [3.8, 4) is 11.8 Å². The number of hydrogen-bond acceptors (Lipinski definition) is 9. The number of nitrogens with zero attached hydrogens (tertiary/aromatic N) is 3. The third-order valence-corrected chi connectivity index (χ3v) is 8.51. The molecule has 1 fully saturated rings. The molecule has 2 amide bonds. The summed E-state index contributed by atoms with van der Waals surface area (Å²) in [7, 11) is -4.32. The van der Waals surface area contributed by atoms with E-state index in [0.717, 1.165) is 10.7 Å². The summed E-state index contributed by atoms with van der Waals surface area (Å²) in [6.07, 6.45) is 4.86. The maximum Gasteiger partial charge on any atom is 0.559 e. The first-order valence-electron chi connectivity index (χ1n) is 14.7. The zero-order valence-corrected chi connectivity index (χ0v) is 27.2. The average Bonchev–Trinajstić information content (AvgIpc) is 2.95. The van der Waals surface area contributed by atoms with E-state index in [2.05, 4.69) is 6.07 Å². The molecule has 45 heavy (non-hydrogen) atoms. The van der Waals surface area contributed by atoms with Gasteiger partial charge in [0.05, 0.1) is 36.0 Å². The van der Waals surface area contributed by atoms with Gasteiger partial charge in [0.25, 0.3) is 5.91 Å². The smallest absolute Gasteiger partial charge is 0.465 e. The number of aryl methyl sites for hydroxylation is 1. The summed E-state index contributed by atoms with van der Waals surface area (Å²) in [4.78, 5) is 44.8. The number of hydrogen-bond donors (Lipinski definition) is 1. The van der Waals surface area contributed by atoms with Crippen molar-refractivity contribution in [2.45, 2.75) is 59.5 Å². The number of nitrogens with two attached hydrogens (primary N) is 1. The van der Waals surface area contributed by atoms with Gasteiger partial charge in [-0.05, 0) is 75.5 Å². The molecular weight excluding hydrogens is 600 g/mol. The number of carbonyl (C=O) groups excluding carboxylic acids is 3. The highest BCUT2D eigenvalue weighted by Crippen LogP contribution is 2.35. The molecule has 3 rings (SSSR count). The van der Waals surface area contributed by atoms with Crippen molar-refractivity contribution in [1.29, 1.82) is 5.26 Å². The highest BCUT2D eigenvalue weighted by Gasteiger charge is 2.47. The Morgan fingerprint density at radius 3 is 2.40 bits per heavy atom. The molecule has 0 bridgehead atoms. The van der Waals surface area contributed by atoms with Crippen molar-refractivity contribution in [1.82, 2.24) is 0 Å². The highest BCUT2D eigenvalue weighted by atomic mass is 32.2. The Kier molecular flexibility index (Phi) is 11.4. The molecule has 2 aromatic rings. The molecule has 242 valence electrons. The van der Waals surface area contributed by atoms with Crippen molar-refractivity contribution in [2.75, 3.05) is 36.3 Å². The Morgan fingerprint density at radius 1 is 1.11 bits per heavy atom. The molecule has 0 unspecified atom stereocenters. The van der Waals surface area contributed by atoms with E-state index >= 15 is 0 Å². The van der Waals surface area contributed by atoms with E-state index in [1.807, 2.05) is 0 Å². The Hall–Kier alpha value is -4.41. The first-order chi connectivity index (χ1) is 21.1. The van der Waals surface area contributed by atoms with Crippen molar-refractivity contribution in [3.05, 3.63) is 64.7 Å². The number of rotatable bonds is 11. The van der Waals surface area contributed by atoms with Gasteiger partial charge in [0.2, 0.25) is 15.8 Å². The Bertz CT molecular complexity index is 1600. The number of sulfonamides is 1. The van der Waals surface area contributed by atoms with Crippen LogP contribution >= 0.6 is 0 Å². The average molecular weight is 642 g/mol. The van der Waals surface area contributed by atoms with Crippen LogP contribution in [0.5, 0.6) is 5.75 Å². The van der Waals surface area contributed by atoms with Gasteiger partial charge < -0.3 is 20.0 Å². The Balaban J connectivity index is 2.09. The molecule has 0 spiro atoms. The molecule has 13 heteroatoms. The van der Waals surface area contributed by atoms with Crippen LogP contribution in [0, 0.1) is 18.3 Å². The number of piperidine rings is 1. The SMILES string of the molecule is CCOC(=O)CS(=O)(=O)N(CC=Cc1cccc(C#N)c1)c1cc(C)c(O[N+]2(C(=O)OC(C)(C)C)CCCCC2)c(C(N)=O)c1. The standard InChI is InChI=1S/C32H40N4O8S/c1-6-42-28(37)22-45(40,41)35(15-11-14-24-12-10-13-25(19-24)21-33)26-18-23(2)29(27(20-26)30(34)38)44-36(16-8-7-9-17-36)31(39)43-32(3,4)5/h10-14,18-20H,6-9,15-17,22H2,1-5H3,(H-,34,38)/p+1. The summed E-state index contributed by atoms with van der Waals surface area (Å²) in [5.74, 6) is -2.75. The number of benzene rings is 2. The lowest BCUT2D eigenvalue weighted by Crippen LogP contribution is -2.59. The van der Waals surface area contributed by atoms with Crippen LogP contribution in [0.2, 0.25) is 0 Å². The third kappa shape index (κ3) is 9.29. The van der Waals surface area contributed by atoms with Gasteiger partial charge in [-0.2, -0.15) is 10.1 Å². The van der Waals surface area contributed by atoms with Gasteiger partial charge in [0.15, 0.2) is 5.75 Å². The van der Waals surface area contributed by atoms with Crippen molar-refractivity contribution in [3.63, 3.8) is 0 Å². The van der Waals surface area contributed by atoms with Crippen LogP contribution in [0.15, 0.2) is 42.5 Å². The van der Waals surface area contributed by atoms with E-state index in [-0.39, 0.29) is 30.2 Å². The fraction of sp³-hybridized carbons (Fsp3) is 0.438. The molecule has 2 N–H and O–H groups in total. The molecule has 0 aliphatic carbocycles. The van der Waals surface area contributed by atoms with E-state index in [1.54, 1.807) is 71.0 Å². The maximum atomic E-state index is 13.6. The number of nitriles is 1. The normalized spacial score (nSPS) is 14.8. The molecule has 1 saturated heterocycles. The van der Waals surface area contributed by atoms with Gasteiger partial charge in [0.1, 0.15) is 18.7 Å². The summed E-state index contributed by atoms with van der Waals surface area (Å²) in [5, 5.41) is 9.20. The maximum absolute atomic E-state index is 13.6. The largest absolute Gasteiger partial charge is 0.559 e. The van der Waals surface area contributed by atoms with Gasteiger partial charge >= 0.3 is 12.1 Å². The van der Waals surface area contributed by atoms with Crippen LogP contribution in [-0.4, -0.2) is 68.6 Å². The first-order valence-corrected chi connectivity index (χ1v) is 16.3. The third-order valence-electron chi connectivity index (χ3n) is 6.88. The molecule has 0 radical (unpaired) electrons. The fourth-order valence-electron chi connectivity index (χ4n) is 4.86. The number of likely N-dealkylation sites (tertiary alicyclic amines) is 1. The number of primary amides is 1. The monoisotopic (exact) mass is 641 g/mol. The molecule has 0 aromatic heterocycles. The fourth-order valence-corrected chi connectivity index (χ4v) is 6.14. The number of quaternary nitrogens is 1. The summed E-state index contributed by atoms with van der Waals surface area (Å²) in [6, 6.07) is 11.5. The van der Waals surface area contributed by atoms with Crippen molar-refractivity contribution >= 4 is 39.8 Å². The number of hydroxylamine groups is 3. The summed E-state index contributed by atoms with van der Waals surface area (Å²) >= 11 is 0. The van der Waals surface area contributed by atoms with Crippen molar-refractivity contribution < 1.29 is 41.8 Å². The lowest BCUT2D eigenvalue weighted by atomic mass is 10.1. The molecular formula is C32H41N4O8S+. The summed E-state index contributed by atoms with van der Waals surface area (Å²) < 4.78 is 38.2. The van der Waals surface area contributed by atoms with Gasteiger partial charge in [-0.3, -0.25) is 13.9 Å². The van der Waals surface area contributed by atoms with Gasteiger partial charge in [-0.15, -0.1) is 0 Å². The van der Waals surface area contributed by atoms with Crippen LogP contribution < -0.4 is 14.9 Å². The second kappa shape index (κ2) is 14.6. The molecule has 0 atom stereocenters. The predicted octanol–water partition coefficient (Wildman–Crippen LogP) is 4.61. The van der Waals surface area contributed by atoms with Gasteiger partial charge in [-0.25, -0.2) is 8.42 Å². The minimum Gasteiger partial charge on any atom is -0.465 e. The van der Waals surface area contributed by atoms with Crippen molar-refractivity contribution in [2.24, 2.45) is 5.73 Å². The highest BCUT2D eigenvalue weighted by molar-refractivity contribution is 7.93. The predicted molar refractivity (Wildman–Crippen MR) is 168 cm³/mol. The molecule has 1 aliphatic rings. The Morgan fingerprint density at radius 2 is 1.80 bits per heavy atom. The molecule has 1 aliphatic heterocycles.